The molecule has 0 bridgehead atoms. The van der Waals surface area contributed by atoms with Gasteiger partial charge in [-0.25, -0.2) is 9.66 Å². The molecule has 2 aromatic rings. The fraction of sp³-hybridized carbons (Fsp3) is 0.308. The van der Waals surface area contributed by atoms with Crippen LogP contribution in [-0.4, -0.2) is 9.66 Å². The van der Waals surface area contributed by atoms with Crippen molar-refractivity contribution in [2.24, 2.45) is 0 Å². The predicted molar refractivity (Wildman–Crippen MR) is 78.8 cm³/mol. The number of nitrogen functional groups attached to an aromatic ring is 2. The fourth-order valence-corrected chi connectivity index (χ4v) is 2.56. The zero-order valence-electron chi connectivity index (χ0n) is 10.7. The lowest BCUT2D eigenvalue weighted by molar-refractivity contribution is 0.739. The molecule has 0 saturated carbocycles. The Bertz CT molecular complexity index is 587. The van der Waals surface area contributed by atoms with Crippen LogP contribution in [0, 0.1) is 6.92 Å². The molecular weight excluding hydrogens is 292 g/mol. The van der Waals surface area contributed by atoms with Crippen LogP contribution in [0.25, 0.3) is 11.3 Å². The summed E-state index contributed by atoms with van der Waals surface area (Å²) in [6, 6.07) is 6.08. The maximum Gasteiger partial charge on any atom is 0.150 e. The van der Waals surface area contributed by atoms with E-state index in [1.54, 1.807) is 0 Å². The molecule has 4 nitrogen and oxygen atoms in total. The number of benzene rings is 1. The van der Waals surface area contributed by atoms with Gasteiger partial charge in [-0.2, -0.15) is 0 Å². The van der Waals surface area contributed by atoms with Crippen molar-refractivity contribution < 1.29 is 0 Å². The zero-order chi connectivity index (χ0) is 13.4. The van der Waals surface area contributed by atoms with Crippen LogP contribution in [0.4, 0.5) is 5.82 Å². The largest absolute Gasteiger partial charge is 0.382 e. The Labute approximate surface area is 115 Å². The van der Waals surface area contributed by atoms with Crippen LogP contribution in [0.5, 0.6) is 0 Å². The van der Waals surface area contributed by atoms with Crippen molar-refractivity contribution in [2.75, 3.05) is 11.6 Å². The first-order valence-electron chi connectivity index (χ1n) is 5.81. The van der Waals surface area contributed by atoms with Crippen LogP contribution in [0.3, 0.4) is 0 Å². The van der Waals surface area contributed by atoms with Crippen molar-refractivity contribution in [3.63, 3.8) is 0 Å². The molecule has 0 radical (unpaired) electrons. The van der Waals surface area contributed by atoms with E-state index in [4.69, 9.17) is 11.6 Å². The van der Waals surface area contributed by atoms with Gasteiger partial charge in [0.15, 0.2) is 5.82 Å². The lowest BCUT2D eigenvalue weighted by atomic mass is 10.1. The molecule has 1 heterocycles. The van der Waals surface area contributed by atoms with E-state index in [-0.39, 0.29) is 5.92 Å². The highest BCUT2D eigenvalue weighted by Crippen LogP contribution is 2.33. The van der Waals surface area contributed by atoms with Crippen LogP contribution in [0.2, 0.25) is 0 Å². The molecule has 0 aliphatic heterocycles. The first-order chi connectivity index (χ1) is 8.41. The van der Waals surface area contributed by atoms with E-state index < -0.39 is 0 Å². The van der Waals surface area contributed by atoms with Gasteiger partial charge in [-0.3, -0.25) is 0 Å². The molecule has 1 aromatic heterocycles. The number of anilines is 1. The smallest absolute Gasteiger partial charge is 0.150 e. The highest BCUT2D eigenvalue weighted by atomic mass is 79.9. The third kappa shape index (κ3) is 2.10. The number of hydrogen-bond acceptors (Lipinski definition) is 3. The molecule has 0 aliphatic carbocycles. The van der Waals surface area contributed by atoms with Crippen molar-refractivity contribution in [3.8, 4) is 11.3 Å². The van der Waals surface area contributed by atoms with Crippen LogP contribution in [0.15, 0.2) is 22.7 Å². The van der Waals surface area contributed by atoms with E-state index in [0.717, 1.165) is 21.6 Å². The number of halogens is 1. The van der Waals surface area contributed by atoms with E-state index in [0.29, 0.717) is 5.82 Å². The topological polar surface area (TPSA) is 69.9 Å². The van der Waals surface area contributed by atoms with Crippen molar-refractivity contribution in [3.05, 3.63) is 34.1 Å². The highest BCUT2D eigenvalue weighted by molar-refractivity contribution is 9.10. The molecule has 0 amide bonds. The van der Waals surface area contributed by atoms with Crippen LogP contribution in [0.1, 0.15) is 31.2 Å². The number of rotatable bonds is 2. The molecule has 2 rings (SSSR count). The first kappa shape index (κ1) is 13.0. The van der Waals surface area contributed by atoms with Gasteiger partial charge in [0.2, 0.25) is 0 Å². The average Bonchev–Trinajstić information content (AvgIpc) is 2.57. The number of nitrogens with zero attached hydrogens (tertiary/aromatic N) is 2. The Morgan fingerprint density at radius 2 is 2.00 bits per heavy atom. The van der Waals surface area contributed by atoms with Gasteiger partial charge in [-0.1, -0.05) is 41.9 Å². The summed E-state index contributed by atoms with van der Waals surface area (Å²) in [5, 5.41) is 0. The monoisotopic (exact) mass is 308 g/mol. The molecule has 96 valence electrons. The number of aromatic nitrogens is 2. The summed E-state index contributed by atoms with van der Waals surface area (Å²) in [6.45, 7) is 6.12. The molecule has 0 fully saturated rings. The van der Waals surface area contributed by atoms with Crippen molar-refractivity contribution >= 4 is 21.7 Å². The van der Waals surface area contributed by atoms with Gasteiger partial charge in [0.05, 0.1) is 0 Å². The van der Waals surface area contributed by atoms with E-state index in [1.807, 2.05) is 39.0 Å². The van der Waals surface area contributed by atoms with Gasteiger partial charge in [-0.05, 0) is 18.6 Å². The number of aryl methyl sites for hydroxylation is 1. The maximum atomic E-state index is 6.03. The quantitative estimate of drug-likeness (QED) is 0.838. The summed E-state index contributed by atoms with van der Waals surface area (Å²) in [7, 11) is 0. The molecule has 18 heavy (non-hydrogen) atoms. The summed E-state index contributed by atoms with van der Waals surface area (Å²) in [4.78, 5) is 4.55. The van der Waals surface area contributed by atoms with E-state index in [1.165, 1.54) is 10.2 Å². The lowest BCUT2D eigenvalue weighted by Gasteiger charge is -2.05. The first-order valence-corrected chi connectivity index (χ1v) is 6.60. The summed E-state index contributed by atoms with van der Waals surface area (Å²) in [5.74, 6) is 7.44. The Hall–Kier alpha value is -1.49. The number of imidazole rings is 1. The summed E-state index contributed by atoms with van der Waals surface area (Å²) in [5.41, 5.74) is 8.91. The van der Waals surface area contributed by atoms with Crippen LogP contribution >= 0.6 is 15.9 Å². The Morgan fingerprint density at radius 3 is 2.50 bits per heavy atom. The molecule has 0 unspecified atom stereocenters. The van der Waals surface area contributed by atoms with E-state index >= 15 is 0 Å². The van der Waals surface area contributed by atoms with Crippen molar-refractivity contribution in [1.82, 2.24) is 9.66 Å². The molecular formula is C13H17BrN4. The predicted octanol–water partition coefficient (Wildman–Crippen LogP) is 3.04. The van der Waals surface area contributed by atoms with E-state index in [9.17, 15) is 0 Å². The van der Waals surface area contributed by atoms with Gasteiger partial charge >= 0.3 is 0 Å². The normalized spacial score (nSPS) is 11.2. The second-order valence-electron chi connectivity index (χ2n) is 4.71. The maximum absolute atomic E-state index is 6.03. The number of nitrogens with two attached hydrogens (primary N) is 2. The summed E-state index contributed by atoms with van der Waals surface area (Å²) in [6.07, 6.45) is 0. The minimum absolute atomic E-state index is 0.232. The Kier molecular flexibility index (Phi) is 3.34. The molecule has 0 saturated heterocycles. The standard InChI is InChI=1S/C13H17BrN4/c1-7(2)13-17-11(12(15)18(13)16)9-5-4-8(3)6-10(9)14/h4-7H,15-16H2,1-3H3. The van der Waals surface area contributed by atoms with Crippen molar-refractivity contribution in [1.29, 1.82) is 0 Å². The second kappa shape index (κ2) is 4.65. The molecule has 0 aliphatic rings. The van der Waals surface area contributed by atoms with Crippen LogP contribution < -0.4 is 11.6 Å². The van der Waals surface area contributed by atoms with E-state index in [2.05, 4.69) is 20.9 Å². The summed E-state index contributed by atoms with van der Waals surface area (Å²) < 4.78 is 2.44. The van der Waals surface area contributed by atoms with Crippen molar-refractivity contribution in [2.45, 2.75) is 26.7 Å². The Morgan fingerprint density at radius 1 is 1.33 bits per heavy atom. The third-order valence-corrected chi connectivity index (χ3v) is 3.53. The fourth-order valence-electron chi connectivity index (χ4n) is 1.88. The molecule has 0 spiro atoms. The van der Waals surface area contributed by atoms with Gasteiger partial charge in [0, 0.05) is 16.0 Å². The highest BCUT2D eigenvalue weighted by Gasteiger charge is 2.18. The molecule has 0 atom stereocenters. The average molecular weight is 309 g/mol. The molecule has 4 N–H and O–H groups in total. The lowest BCUT2D eigenvalue weighted by Crippen LogP contribution is -2.16. The molecule has 5 heteroatoms. The Balaban J connectivity index is 2.61. The third-order valence-electron chi connectivity index (χ3n) is 2.87. The second-order valence-corrected chi connectivity index (χ2v) is 5.57. The van der Waals surface area contributed by atoms with Gasteiger partial charge in [0.1, 0.15) is 11.5 Å². The number of hydrogen-bond donors (Lipinski definition) is 2. The summed E-state index contributed by atoms with van der Waals surface area (Å²) >= 11 is 3.54. The minimum atomic E-state index is 0.232. The zero-order valence-corrected chi connectivity index (χ0v) is 12.3. The van der Waals surface area contributed by atoms with Crippen LogP contribution in [-0.2, 0) is 0 Å². The minimum Gasteiger partial charge on any atom is -0.382 e. The molecule has 1 aromatic carbocycles. The SMILES string of the molecule is Cc1ccc(-c2nc(C(C)C)n(N)c2N)c(Br)c1. The van der Waals surface area contributed by atoms with Gasteiger partial charge < -0.3 is 11.6 Å². The van der Waals surface area contributed by atoms with Gasteiger partial charge in [-0.15, -0.1) is 0 Å². The van der Waals surface area contributed by atoms with Gasteiger partial charge in [0.25, 0.3) is 0 Å².